The number of hydrogen-bond donors (Lipinski definition) is 0. The van der Waals surface area contributed by atoms with Crippen LogP contribution in [-0.2, 0) is 14.3 Å². The van der Waals surface area contributed by atoms with E-state index >= 15 is 0 Å². The van der Waals surface area contributed by atoms with Crippen molar-refractivity contribution in [2.45, 2.75) is 45.6 Å². The van der Waals surface area contributed by atoms with Gasteiger partial charge in [0.2, 0.25) is 5.91 Å². The maximum absolute atomic E-state index is 12.5. The van der Waals surface area contributed by atoms with E-state index in [2.05, 4.69) is 6.07 Å². The molecule has 5 heteroatoms. The maximum atomic E-state index is 12.5. The van der Waals surface area contributed by atoms with E-state index in [-0.39, 0.29) is 11.9 Å². The van der Waals surface area contributed by atoms with Gasteiger partial charge in [0.05, 0.1) is 13.2 Å². The van der Waals surface area contributed by atoms with Crippen LogP contribution in [-0.4, -0.2) is 36.5 Å². The standard InChI is InChI=1S/C13H20N2O3/c1-4-13(5-2,9-14)12(17)15-8-6-7-10(15)11(16)18-3/h10H,4-8H2,1-3H3. The molecule has 1 unspecified atom stereocenters. The van der Waals surface area contributed by atoms with E-state index in [1.807, 2.05) is 13.8 Å². The number of rotatable bonds is 4. The molecule has 1 heterocycles. The van der Waals surface area contributed by atoms with Gasteiger partial charge in [-0.3, -0.25) is 4.79 Å². The van der Waals surface area contributed by atoms with Gasteiger partial charge in [-0.2, -0.15) is 5.26 Å². The van der Waals surface area contributed by atoms with E-state index in [9.17, 15) is 14.9 Å². The molecule has 1 rings (SSSR count). The Balaban J connectivity index is 2.95. The Kier molecular flexibility index (Phi) is 4.71. The fourth-order valence-electron chi connectivity index (χ4n) is 2.42. The summed E-state index contributed by atoms with van der Waals surface area (Å²) >= 11 is 0. The van der Waals surface area contributed by atoms with E-state index in [1.165, 1.54) is 12.0 Å². The van der Waals surface area contributed by atoms with Crippen molar-refractivity contribution in [2.75, 3.05) is 13.7 Å². The molecule has 1 aliphatic heterocycles. The van der Waals surface area contributed by atoms with Crippen LogP contribution < -0.4 is 0 Å². The number of nitrogens with zero attached hydrogens (tertiary/aromatic N) is 2. The van der Waals surface area contributed by atoms with Crippen molar-refractivity contribution in [3.8, 4) is 6.07 Å². The molecule has 1 saturated heterocycles. The van der Waals surface area contributed by atoms with Gasteiger partial charge in [-0.1, -0.05) is 13.8 Å². The van der Waals surface area contributed by atoms with Gasteiger partial charge in [0, 0.05) is 6.54 Å². The largest absolute Gasteiger partial charge is 0.467 e. The lowest BCUT2D eigenvalue weighted by atomic mass is 9.82. The summed E-state index contributed by atoms with van der Waals surface area (Å²) in [7, 11) is 1.32. The highest BCUT2D eigenvalue weighted by Crippen LogP contribution is 2.32. The number of esters is 1. The average Bonchev–Trinajstić information content (AvgIpc) is 2.89. The first-order valence-electron chi connectivity index (χ1n) is 6.36. The van der Waals surface area contributed by atoms with Gasteiger partial charge < -0.3 is 9.64 Å². The van der Waals surface area contributed by atoms with Crippen molar-refractivity contribution in [1.29, 1.82) is 5.26 Å². The first-order valence-corrected chi connectivity index (χ1v) is 6.36. The molecule has 0 radical (unpaired) electrons. The highest BCUT2D eigenvalue weighted by molar-refractivity contribution is 5.90. The minimum absolute atomic E-state index is 0.233. The molecular formula is C13H20N2O3. The summed E-state index contributed by atoms with van der Waals surface area (Å²) in [6.45, 7) is 4.18. The number of ether oxygens (including phenoxy) is 1. The molecular weight excluding hydrogens is 232 g/mol. The van der Waals surface area contributed by atoms with Crippen LogP contribution in [0.2, 0.25) is 0 Å². The van der Waals surface area contributed by atoms with Crippen LogP contribution in [0.4, 0.5) is 0 Å². The summed E-state index contributed by atoms with van der Waals surface area (Å²) in [5.74, 6) is -0.622. The molecule has 0 aromatic carbocycles. The molecule has 0 N–H and O–H groups in total. The third kappa shape index (κ3) is 2.33. The highest BCUT2D eigenvalue weighted by atomic mass is 16.5. The van der Waals surface area contributed by atoms with Gasteiger partial charge in [0.25, 0.3) is 0 Å². The van der Waals surface area contributed by atoms with Gasteiger partial charge in [0.1, 0.15) is 11.5 Å². The first-order chi connectivity index (χ1) is 8.56. The molecule has 18 heavy (non-hydrogen) atoms. The number of hydrogen-bond acceptors (Lipinski definition) is 4. The third-order valence-electron chi connectivity index (χ3n) is 3.82. The van der Waals surface area contributed by atoms with E-state index in [1.54, 1.807) is 0 Å². The Morgan fingerprint density at radius 3 is 2.50 bits per heavy atom. The van der Waals surface area contributed by atoms with Crippen LogP contribution in [0, 0.1) is 16.7 Å². The Bertz CT molecular complexity index is 369. The molecule has 5 nitrogen and oxygen atoms in total. The van der Waals surface area contributed by atoms with Crippen molar-refractivity contribution in [3.63, 3.8) is 0 Å². The average molecular weight is 252 g/mol. The molecule has 0 spiro atoms. The van der Waals surface area contributed by atoms with E-state index in [0.717, 1.165) is 6.42 Å². The quantitative estimate of drug-likeness (QED) is 0.710. The zero-order chi connectivity index (χ0) is 13.8. The monoisotopic (exact) mass is 252 g/mol. The summed E-state index contributed by atoms with van der Waals surface area (Å²) in [5.41, 5.74) is -1.00. The maximum Gasteiger partial charge on any atom is 0.328 e. The van der Waals surface area contributed by atoms with Crippen LogP contribution in [0.15, 0.2) is 0 Å². The van der Waals surface area contributed by atoms with Gasteiger partial charge in [-0.15, -0.1) is 0 Å². The normalized spacial score (nSPS) is 19.4. The van der Waals surface area contributed by atoms with Gasteiger partial charge >= 0.3 is 5.97 Å². The summed E-state index contributed by atoms with van der Waals surface area (Å²) in [4.78, 5) is 25.6. The molecule has 100 valence electrons. The molecule has 0 bridgehead atoms. The van der Waals surface area contributed by atoms with Crippen LogP contribution in [0.25, 0.3) is 0 Å². The lowest BCUT2D eigenvalue weighted by Crippen LogP contribution is -2.48. The van der Waals surface area contributed by atoms with Gasteiger partial charge in [0.15, 0.2) is 0 Å². The fraction of sp³-hybridized carbons (Fsp3) is 0.769. The number of nitriles is 1. The van der Waals surface area contributed by atoms with E-state index in [0.29, 0.717) is 25.8 Å². The molecule has 0 saturated carbocycles. The van der Waals surface area contributed by atoms with Crippen LogP contribution in [0.1, 0.15) is 39.5 Å². The SMILES string of the molecule is CCC(C#N)(CC)C(=O)N1CCCC1C(=O)OC. The van der Waals surface area contributed by atoms with E-state index < -0.39 is 11.5 Å². The van der Waals surface area contributed by atoms with Crippen molar-refractivity contribution in [2.24, 2.45) is 5.41 Å². The van der Waals surface area contributed by atoms with Crippen molar-refractivity contribution < 1.29 is 14.3 Å². The number of amides is 1. The van der Waals surface area contributed by atoms with E-state index in [4.69, 9.17) is 4.74 Å². The Labute approximate surface area is 108 Å². The summed E-state index contributed by atoms with van der Waals surface area (Å²) in [6.07, 6.45) is 2.32. The second-order valence-electron chi connectivity index (χ2n) is 4.58. The first kappa shape index (κ1) is 14.5. The van der Waals surface area contributed by atoms with Crippen LogP contribution in [0.3, 0.4) is 0 Å². The second kappa shape index (κ2) is 5.85. The molecule has 0 aromatic heterocycles. The smallest absolute Gasteiger partial charge is 0.328 e. The predicted octanol–water partition coefficient (Wildman–Crippen LogP) is 1.48. The minimum Gasteiger partial charge on any atom is -0.467 e. The number of carbonyl (C=O) groups excluding carboxylic acids is 2. The Morgan fingerprint density at radius 1 is 1.44 bits per heavy atom. The van der Waals surface area contributed by atoms with Crippen LogP contribution in [0.5, 0.6) is 0 Å². The summed E-state index contributed by atoms with van der Waals surface area (Å²) in [6, 6.07) is 1.61. The molecule has 1 aliphatic rings. The number of carbonyl (C=O) groups is 2. The molecule has 0 aromatic rings. The fourth-order valence-corrected chi connectivity index (χ4v) is 2.42. The zero-order valence-electron chi connectivity index (χ0n) is 11.2. The van der Waals surface area contributed by atoms with Gasteiger partial charge in [-0.05, 0) is 25.7 Å². The number of likely N-dealkylation sites (tertiary alicyclic amines) is 1. The summed E-state index contributed by atoms with van der Waals surface area (Å²) < 4.78 is 4.71. The Morgan fingerprint density at radius 2 is 2.06 bits per heavy atom. The summed E-state index contributed by atoms with van der Waals surface area (Å²) in [5, 5.41) is 9.28. The lowest BCUT2D eigenvalue weighted by molar-refractivity contribution is -0.154. The topological polar surface area (TPSA) is 70.4 Å². The molecule has 1 fully saturated rings. The molecule has 1 amide bonds. The molecule has 0 aliphatic carbocycles. The van der Waals surface area contributed by atoms with Crippen molar-refractivity contribution >= 4 is 11.9 Å². The Hall–Kier alpha value is -1.57. The third-order valence-corrected chi connectivity index (χ3v) is 3.82. The van der Waals surface area contributed by atoms with Gasteiger partial charge in [-0.25, -0.2) is 4.79 Å². The van der Waals surface area contributed by atoms with Crippen molar-refractivity contribution in [3.05, 3.63) is 0 Å². The second-order valence-corrected chi connectivity index (χ2v) is 4.58. The lowest BCUT2D eigenvalue weighted by Gasteiger charge is -2.31. The molecule has 1 atom stereocenters. The predicted molar refractivity (Wildman–Crippen MR) is 65.4 cm³/mol. The zero-order valence-corrected chi connectivity index (χ0v) is 11.2. The highest BCUT2D eigenvalue weighted by Gasteiger charge is 2.44. The number of methoxy groups -OCH3 is 1. The van der Waals surface area contributed by atoms with Crippen molar-refractivity contribution in [1.82, 2.24) is 4.90 Å². The van der Waals surface area contributed by atoms with Crippen LogP contribution >= 0.6 is 0 Å². The minimum atomic E-state index is -1.00.